The first-order valence-corrected chi connectivity index (χ1v) is 8.30. The van der Waals surface area contributed by atoms with Gasteiger partial charge in [0.05, 0.1) is 17.1 Å². The molecule has 0 radical (unpaired) electrons. The number of nitrogens with zero attached hydrogens (tertiary/aromatic N) is 1. The SMILES string of the molecule is CCOC1=NS(=O)(=O)c2cc(S(=O)(=O)NC)ccc21. The molecular formula is C10H12N2O5S2. The van der Waals surface area contributed by atoms with E-state index in [4.69, 9.17) is 4.74 Å². The molecule has 0 fully saturated rings. The van der Waals surface area contributed by atoms with Gasteiger partial charge in [0.15, 0.2) is 0 Å². The Morgan fingerprint density at radius 3 is 2.63 bits per heavy atom. The molecule has 104 valence electrons. The quantitative estimate of drug-likeness (QED) is 0.852. The van der Waals surface area contributed by atoms with Crippen LogP contribution in [0.2, 0.25) is 0 Å². The van der Waals surface area contributed by atoms with Gasteiger partial charge in [-0.1, -0.05) is 0 Å². The van der Waals surface area contributed by atoms with Gasteiger partial charge >= 0.3 is 0 Å². The molecule has 0 bridgehead atoms. The molecule has 0 aromatic heterocycles. The van der Waals surface area contributed by atoms with Gasteiger partial charge in [0.25, 0.3) is 10.0 Å². The van der Waals surface area contributed by atoms with Crippen LogP contribution in [0.15, 0.2) is 32.4 Å². The minimum absolute atomic E-state index is 0.00842. The van der Waals surface area contributed by atoms with E-state index in [1.165, 1.54) is 19.2 Å². The summed E-state index contributed by atoms with van der Waals surface area (Å²) in [4.78, 5) is -0.294. The van der Waals surface area contributed by atoms with Crippen molar-refractivity contribution in [2.24, 2.45) is 4.40 Å². The molecular weight excluding hydrogens is 292 g/mol. The fourth-order valence-corrected chi connectivity index (χ4v) is 3.63. The Labute approximate surface area is 111 Å². The van der Waals surface area contributed by atoms with Gasteiger partial charge in [0, 0.05) is 0 Å². The van der Waals surface area contributed by atoms with Crippen LogP contribution in [0.5, 0.6) is 0 Å². The number of hydrogen-bond donors (Lipinski definition) is 1. The first kappa shape index (κ1) is 14.0. The van der Waals surface area contributed by atoms with Crippen LogP contribution in [0, 0.1) is 0 Å². The second-order valence-electron chi connectivity index (χ2n) is 3.67. The zero-order valence-corrected chi connectivity index (χ0v) is 11.9. The van der Waals surface area contributed by atoms with Crippen LogP contribution >= 0.6 is 0 Å². The van der Waals surface area contributed by atoms with Crippen LogP contribution in [-0.4, -0.2) is 36.4 Å². The number of sulfonamides is 2. The van der Waals surface area contributed by atoms with Crippen molar-refractivity contribution >= 4 is 25.9 Å². The predicted octanol–water partition coefficient (Wildman–Crippen LogP) is 0.0801. The van der Waals surface area contributed by atoms with Crippen LogP contribution in [-0.2, 0) is 24.8 Å². The van der Waals surface area contributed by atoms with E-state index in [-0.39, 0.29) is 27.9 Å². The van der Waals surface area contributed by atoms with Crippen LogP contribution in [0.3, 0.4) is 0 Å². The van der Waals surface area contributed by atoms with Crippen molar-refractivity contribution in [2.45, 2.75) is 16.7 Å². The molecule has 0 atom stereocenters. The lowest BCUT2D eigenvalue weighted by Gasteiger charge is -2.05. The lowest BCUT2D eigenvalue weighted by Crippen LogP contribution is -2.19. The highest BCUT2D eigenvalue weighted by atomic mass is 32.2. The standard InChI is InChI=1S/C10H12N2O5S2/c1-3-17-10-8-5-4-7(18(13,14)11-2)6-9(8)19(15,16)12-10/h4-6,11H,3H2,1-2H3. The Bertz CT molecular complexity index is 750. The summed E-state index contributed by atoms with van der Waals surface area (Å²) >= 11 is 0. The maximum atomic E-state index is 11.8. The summed E-state index contributed by atoms with van der Waals surface area (Å²) < 4.78 is 57.7. The van der Waals surface area contributed by atoms with E-state index in [9.17, 15) is 16.8 Å². The number of benzene rings is 1. The smallest absolute Gasteiger partial charge is 0.286 e. The number of hydrogen-bond acceptors (Lipinski definition) is 5. The summed E-state index contributed by atoms with van der Waals surface area (Å²) in [6, 6.07) is 3.75. The van der Waals surface area contributed by atoms with Gasteiger partial charge in [-0.25, -0.2) is 13.1 Å². The Morgan fingerprint density at radius 2 is 2.05 bits per heavy atom. The lowest BCUT2D eigenvalue weighted by atomic mass is 10.2. The zero-order valence-electron chi connectivity index (χ0n) is 10.2. The molecule has 0 spiro atoms. The minimum Gasteiger partial charge on any atom is -0.477 e. The monoisotopic (exact) mass is 304 g/mol. The number of nitrogens with one attached hydrogen (secondary N) is 1. The second kappa shape index (κ2) is 4.58. The Morgan fingerprint density at radius 1 is 1.37 bits per heavy atom. The highest BCUT2D eigenvalue weighted by molar-refractivity contribution is 7.91. The molecule has 1 aliphatic heterocycles. The van der Waals surface area contributed by atoms with Crippen molar-refractivity contribution in [3.63, 3.8) is 0 Å². The van der Waals surface area contributed by atoms with Crippen LogP contribution in [0.1, 0.15) is 12.5 Å². The lowest BCUT2D eigenvalue weighted by molar-refractivity contribution is 0.329. The largest absolute Gasteiger partial charge is 0.477 e. The average molecular weight is 304 g/mol. The van der Waals surface area contributed by atoms with Crippen molar-refractivity contribution in [1.82, 2.24) is 4.72 Å². The number of rotatable bonds is 3. The van der Waals surface area contributed by atoms with Gasteiger partial charge in [-0.15, -0.1) is 4.40 Å². The molecule has 0 amide bonds. The fourth-order valence-electron chi connectivity index (χ4n) is 1.63. The Balaban J connectivity index is 2.62. The minimum atomic E-state index is -3.90. The topological polar surface area (TPSA) is 102 Å². The van der Waals surface area contributed by atoms with Crippen molar-refractivity contribution in [1.29, 1.82) is 0 Å². The van der Waals surface area contributed by atoms with E-state index in [1.54, 1.807) is 6.92 Å². The van der Waals surface area contributed by atoms with E-state index >= 15 is 0 Å². The molecule has 9 heteroatoms. The second-order valence-corrected chi connectivity index (χ2v) is 7.13. The molecule has 1 aromatic carbocycles. The molecule has 19 heavy (non-hydrogen) atoms. The van der Waals surface area contributed by atoms with E-state index < -0.39 is 20.0 Å². The fraction of sp³-hybridized carbons (Fsp3) is 0.300. The first-order valence-electron chi connectivity index (χ1n) is 5.37. The van der Waals surface area contributed by atoms with Gasteiger partial charge in [-0.05, 0) is 32.2 Å². The molecule has 2 rings (SSSR count). The number of ether oxygens (including phenoxy) is 1. The van der Waals surface area contributed by atoms with Gasteiger partial charge in [-0.2, -0.15) is 8.42 Å². The van der Waals surface area contributed by atoms with E-state index in [0.29, 0.717) is 0 Å². The third-order valence-corrected chi connectivity index (χ3v) is 5.24. The average Bonchev–Trinajstić information content (AvgIpc) is 2.61. The molecule has 1 aromatic rings. The highest BCUT2D eigenvalue weighted by Gasteiger charge is 2.31. The third-order valence-electron chi connectivity index (χ3n) is 2.52. The van der Waals surface area contributed by atoms with Crippen molar-refractivity contribution in [3.8, 4) is 0 Å². The molecule has 0 unspecified atom stereocenters. The Hall–Kier alpha value is -1.45. The maximum Gasteiger partial charge on any atom is 0.286 e. The molecule has 1 aliphatic rings. The molecule has 1 heterocycles. The summed E-state index contributed by atoms with van der Waals surface area (Å²) in [5.41, 5.74) is 0.275. The molecule has 0 saturated carbocycles. The third kappa shape index (κ3) is 2.36. The normalized spacial score (nSPS) is 16.8. The molecule has 1 N–H and O–H groups in total. The summed E-state index contributed by atoms with van der Waals surface area (Å²) in [5.74, 6) is -0.00842. The van der Waals surface area contributed by atoms with Crippen molar-refractivity contribution < 1.29 is 21.6 Å². The van der Waals surface area contributed by atoms with Gasteiger partial charge in [0.1, 0.15) is 4.90 Å². The zero-order chi connectivity index (χ0) is 14.3. The molecule has 0 saturated heterocycles. The van der Waals surface area contributed by atoms with Crippen LogP contribution in [0.25, 0.3) is 0 Å². The van der Waals surface area contributed by atoms with E-state index in [1.807, 2.05) is 0 Å². The van der Waals surface area contributed by atoms with E-state index in [2.05, 4.69) is 9.12 Å². The number of fused-ring (bicyclic) bond motifs is 1. The van der Waals surface area contributed by atoms with Gasteiger partial charge in [-0.3, -0.25) is 0 Å². The van der Waals surface area contributed by atoms with E-state index in [0.717, 1.165) is 6.07 Å². The van der Waals surface area contributed by atoms with Crippen molar-refractivity contribution in [3.05, 3.63) is 23.8 Å². The summed E-state index contributed by atoms with van der Waals surface area (Å²) in [6.07, 6.45) is 0. The van der Waals surface area contributed by atoms with Crippen LogP contribution in [0.4, 0.5) is 0 Å². The summed E-state index contributed by atoms with van der Waals surface area (Å²) in [6.45, 7) is 1.97. The molecule has 0 aliphatic carbocycles. The highest BCUT2D eigenvalue weighted by Crippen LogP contribution is 2.29. The molecule has 7 nitrogen and oxygen atoms in total. The van der Waals surface area contributed by atoms with Gasteiger partial charge in [0.2, 0.25) is 15.9 Å². The van der Waals surface area contributed by atoms with Gasteiger partial charge < -0.3 is 4.74 Å². The Kier molecular flexibility index (Phi) is 3.37. The predicted molar refractivity (Wildman–Crippen MR) is 68.0 cm³/mol. The maximum absolute atomic E-state index is 11.8. The van der Waals surface area contributed by atoms with Crippen LogP contribution < -0.4 is 4.72 Å². The first-order chi connectivity index (χ1) is 8.81. The summed E-state index contributed by atoms with van der Waals surface area (Å²) in [7, 11) is -6.35. The summed E-state index contributed by atoms with van der Waals surface area (Å²) in [5, 5.41) is 0. The van der Waals surface area contributed by atoms with Crippen molar-refractivity contribution in [2.75, 3.05) is 13.7 Å².